The number of anilines is 6. The minimum Gasteiger partial charge on any atom is -0.310 e. The third kappa shape index (κ3) is 6.41. The van der Waals surface area contributed by atoms with Crippen molar-refractivity contribution in [3.05, 3.63) is 279 Å². The summed E-state index contributed by atoms with van der Waals surface area (Å²) in [7, 11) is 0. The van der Waals surface area contributed by atoms with Crippen molar-refractivity contribution in [1.82, 2.24) is 8.80 Å². The van der Waals surface area contributed by atoms with E-state index in [-0.39, 0.29) is 0 Å². The predicted octanol–water partition coefficient (Wildman–Crippen LogP) is 23.0. The van der Waals surface area contributed by atoms with E-state index in [1.807, 2.05) is 22.7 Å². The fraction of sp³-hybridized carbons (Fsp3) is 0. The van der Waals surface area contributed by atoms with Crippen LogP contribution in [0.25, 0.3) is 139 Å². The van der Waals surface area contributed by atoms with Crippen molar-refractivity contribution in [2.45, 2.75) is 0 Å². The van der Waals surface area contributed by atoms with Crippen LogP contribution in [-0.2, 0) is 0 Å². The Morgan fingerprint density at radius 3 is 1.01 bits per heavy atom. The smallest absolute Gasteiger partial charge is 0.0634 e. The molecule has 0 radical (unpaired) electrons. The van der Waals surface area contributed by atoms with Gasteiger partial charge in [0.2, 0.25) is 0 Å². The number of nitrogens with zero attached hydrogens (tertiary/aromatic N) is 4. The summed E-state index contributed by atoms with van der Waals surface area (Å²) in [6, 6.07) is 104. The van der Waals surface area contributed by atoms with Crippen molar-refractivity contribution < 1.29 is 0 Å². The predicted molar refractivity (Wildman–Crippen MR) is 362 cm³/mol. The number of hydrogen-bond acceptors (Lipinski definition) is 4. The summed E-state index contributed by atoms with van der Waals surface area (Å²) in [5, 5.41) is 15.1. The lowest BCUT2D eigenvalue weighted by atomic mass is 9.89. The second-order valence-corrected chi connectivity index (χ2v) is 24.5. The van der Waals surface area contributed by atoms with Crippen molar-refractivity contribution >= 4 is 173 Å². The zero-order chi connectivity index (χ0) is 54.7. The summed E-state index contributed by atoms with van der Waals surface area (Å²) >= 11 is 3.72. The summed E-state index contributed by atoms with van der Waals surface area (Å²) in [6.07, 6.45) is 0. The highest BCUT2D eigenvalue weighted by molar-refractivity contribution is 7.26. The molecule has 13 aromatic carbocycles. The van der Waals surface area contributed by atoms with Gasteiger partial charge < -0.3 is 18.6 Å². The standard InChI is InChI=1S/C78H46N4S2/c1-5-19-47(20-6-1)71-73-61-31-17-29-59-56-40-36-54(80(50-25-11-4-12-26-50)52-38-42-70-64(44-52)58-28-14-16-34-68(58)84-70)46-66(56)82(75(59)61)78(73)72(48-21-7-2-8-22-48)74-62-32-18-30-60-55-39-35-53(45-65(55)81(76(60)62)77(71)74)79(49-23-9-3-10-24-49)51-37-41-69-63(43-51)57-27-13-15-33-67(57)83-69/h1-46H. The first-order valence-electron chi connectivity index (χ1n) is 28.7. The number of benzene rings is 13. The van der Waals surface area contributed by atoms with Gasteiger partial charge >= 0.3 is 0 Å². The molecule has 19 rings (SSSR count). The molecule has 0 unspecified atom stereocenters. The maximum atomic E-state index is 2.64. The SMILES string of the molecule is c1ccc(-c2c3c4cccc5c6ccc(N(c7ccccc7)c7ccc8sc9ccccc9c8c7)cc6n(c3c(-c3ccccc3)c3c6cccc7c8ccc(N(c9ccccc9)c9ccc%10sc%11ccccc%11c%10c9)cc8n(c23)c76)c54)cc1. The summed E-state index contributed by atoms with van der Waals surface area (Å²) in [5.41, 5.74) is 18.8. The maximum Gasteiger partial charge on any atom is 0.0634 e. The van der Waals surface area contributed by atoms with E-state index in [0.29, 0.717) is 0 Å². The first kappa shape index (κ1) is 46.1. The fourth-order valence-corrected chi connectivity index (χ4v) is 16.7. The average molecular weight is 1100 g/mol. The highest BCUT2D eigenvalue weighted by Gasteiger charge is 2.31. The van der Waals surface area contributed by atoms with Gasteiger partial charge in [-0.2, -0.15) is 0 Å². The number of hydrogen-bond donors (Lipinski definition) is 0. The molecule has 0 aliphatic heterocycles. The third-order valence-corrected chi connectivity index (χ3v) is 20.2. The normalized spacial score (nSPS) is 12.3. The highest BCUT2D eigenvalue weighted by atomic mass is 32.1. The summed E-state index contributed by atoms with van der Waals surface area (Å²) in [5.74, 6) is 0. The van der Waals surface area contributed by atoms with Crippen LogP contribution in [0.3, 0.4) is 0 Å². The number of para-hydroxylation sites is 4. The van der Waals surface area contributed by atoms with Crippen LogP contribution in [-0.4, -0.2) is 8.80 Å². The molecule has 84 heavy (non-hydrogen) atoms. The Balaban J connectivity index is 0.939. The van der Waals surface area contributed by atoms with Crippen molar-refractivity contribution in [1.29, 1.82) is 0 Å². The third-order valence-electron chi connectivity index (χ3n) is 17.9. The van der Waals surface area contributed by atoms with Gasteiger partial charge in [0.1, 0.15) is 0 Å². The molecular weight excluding hydrogens is 1060 g/mol. The number of fused-ring (bicyclic) bond motifs is 18. The van der Waals surface area contributed by atoms with Crippen molar-refractivity contribution in [3.8, 4) is 22.3 Å². The lowest BCUT2D eigenvalue weighted by Gasteiger charge is -2.26. The molecule has 0 spiro atoms. The molecule has 6 heterocycles. The lowest BCUT2D eigenvalue weighted by molar-refractivity contribution is 1.28. The van der Waals surface area contributed by atoms with Crippen LogP contribution in [0.1, 0.15) is 0 Å². The molecule has 0 aliphatic rings. The van der Waals surface area contributed by atoms with Crippen LogP contribution in [0, 0.1) is 0 Å². The Morgan fingerprint density at radius 2 is 0.571 bits per heavy atom. The molecule has 4 nitrogen and oxygen atoms in total. The number of rotatable bonds is 8. The van der Waals surface area contributed by atoms with Crippen LogP contribution >= 0.6 is 22.7 Å². The molecule has 0 fully saturated rings. The second kappa shape index (κ2) is 17.5. The second-order valence-electron chi connectivity index (χ2n) is 22.3. The van der Waals surface area contributed by atoms with Gasteiger partial charge in [0.25, 0.3) is 0 Å². The molecule has 0 saturated heterocycles. The van der Waals surface area contributed by atoms with Gasteiger partial charge in [-0.3, -0.25) is 0 Å². The molecular formula is C78H46N4S2. The monoisotopic (exact) mass is 1100 g/mol. The van der Waals surface area contributed by atoms with E-state index in [1.54, 1.807) is 0 Å². The minimum atomic E-state index is 1.10. The van der Waals surface area contributed by atoms with Crippen LogP contribution in [0.15, 0.2) is 279 Å². The zero-order valence-corrected chi connectivity index (χ0v) is 46.8. The summed E-state index contributed by atoms with van der Waals surface area (Å²) in [4.78, 5) is 4.88. The van der Waals surface area contributed by atoms with Crippen LogP contribution in [0.4, 0.5) is 34.1 Å². The first-order valence-corrected chi connectivity index (χ1v) is 30.4. The minimum absolute atomic E-state index is 1.10. The van der Waals surface area contributed by atoms with Gasteiger partial charge in [0.05, 0.1) is 33.1 Å². The Labute approximate surface area is 490 Å². The Hall–Kier alpha value is -10.5. The van der Waals surface area contributed by atoms with E-state index in [4.69, 9.17) is 0 Å². The molecule has 6 heteroatoms. The lowest BCUT2D eigenvalue weighted by Crippen LogP contribution is -2.09. The highest BCUT2D eigenvalue weighted by Crippen LogP contribution is 2.55. The topological polar surface area (TPSA) is 15.3 Å². The first-order chi connectivity index (χ1) is 41.7. The van der Waals surface area contributed by atoms with Gasteiger partial charge in [0.15, 0.2) is 0 Å². The Kier molecular flexibility index (Phi) is 9.62. The molecule has 0 aliphatic carbocycles. The van der Waals surface area contributed by atoms with Gasteiger partial charge in [-0.05, 0) is 108 Å². The summed E-state index contributed by atoms with van der Waals surface area (Å²) < 4.78 is 10.5. The summed E-state index contributed by atoms with van der Waals surface area (Å²) in [6.45, 7) is 0. The molecule has 0 atom stereocenters. The number of aromatic nitrogens is 2. The Morgan fingerprint density at radius 1 is 0.226 bits per heavy atom. The molecule has 6 aromatic heterocycles. The van der Waals surface area contributed by atoms with E-state index in [9.17, 15) is 0 Å². The van der Waals surface area contributed by atoms with Crippen LogP contribution < -0.4 is 9.80 Å². The van der Waals surface area contributed by atoms with Gasteiger partial charge in [-0.15, -0.1) is 22.7 Å². The largest absolute Gasteiger partial charge is 0.310 e. The average Bonchev–Trinajstić information content (AvgIpc) is 1.62. The molecule has 0 N–H and O–H groups in total. The van der Waals surface area contributed by atoms with Crippen molar-refractivity contribution in [3.63, 3.8) is 0 Å². The molecule has 0 saturated carbocycles. The maximum absolute atomic E-state index is 2.64. The molecule has 390 valence electrons. The molecule has 0 bridgehead atoms. The Bertz CT molecular complexity index is 5490. The zero-order valence-electron chi connectivity index (χ0n) is 45.2. The number of thiophene rings is 2. The van der Waals surface area contributed by atoms with Gasteiger partial charge in [-0.1, -0.05) is 182 Å². The van der Waals surface area contributed by atoms with E-state index in [0.717, 1.165) is 34.1 Å². The van der Waals surface area contributed by atoms with Crippen molar-refractivity contribution in [2.75, 3.05) is 9.80 Å². The van der Waals surface area contributed by atoms with E-state index < -0.39 is 0 Å². The van der Waals surface area contributed by atoms with Crippen LogP contribution in [0.2, 0.25) is 0 Å². The van der Waals surface area contributed by atoms with E-state index in [1.165, 1.54) is 139 Å². The quantitative estimate of drug-likeness (QED) is 0.151. The van der Waals surface area contributed by atoms with Gasteiger partial charge in [-0.25, -0.2) is 0 Å². The van der Waals surface area contributed by atoms with Gasteiger partial charge in [0, 0.05) is 129 Å². The van der Waals surface area contributed by atoms with E-state index >= 15 is 0 Å². The van der Waals surface area contributed by atoms with E-state index in [2.05, 4.69) is 298 Å². The van der Waals surface area contributed by atoms with Crippen LogP contribution in [0.5, 0.6) is 0 Å². The molecule has 19 aromatic rings. The fourth-order valence-electron chi connectivity index (χ4n) is 14.5. The van der Waals surface area contributed by atoms with Crippen molar-refractivity contribution in [2.24, 2.45) is 0 Å². The molecule has 0 amide bonds.